The van der Waals surface area contributed by atoms with Gasteiger partial charge in [0.15, 0.2) is 0 Å². The lowest BCUT2D eigenvalue weighted by atomic mass is 9.99. The van der Waals surface area contributed by atoms with Crippen molar-refractivity contribution >= 4 is 23.5 Å². The maximum absolute atomic E-state index is 9.29. The first-order valence-electron chi connectivity index (χ1n) is 13.5. The van der Waals surface area contributed by atoms with Gasteiger partial charge in [-0.1, -0.05) is 36.4 Å². The molecule has 2 N–H and O–H groups in total. The summed E-state index contributed by atoms with van der Waals surface area (Å²) in [6, 6.07) is 16.8. The van der Waals surface area contributed by atoms with E-state index < -0.39 is 0 Å². The number of benzene rings is 2. The number of hydrogen-bond donors (Lipinski definition) is 2. The number of rotatable bonds is 8. The summed E-state index contributed by atoms with van der Waals surface area (Å²) in [4.78, 5) is 29.4. The van der Waals surface area contributed by atoms with Gasteiger partial charge in [0.25, 0.3) is 0 Å². The Kier molecular flexibility index (Phi) is 7.55. The quantitative estimate of drug-likeness (QED) is 0.358. The number of β-amino-alcohol motifs (C(OH)–C–C–N with tert-alkyl or cyclic N) is 1. The average molecular weight is 524 g/mol. The van der Waals surface area contributed by atoms with E-state index in [1.54, 1.807) is 6.33 Å². The number of nitrogens with zero attached hydrogens (tertiary/aromatic N) is 8. The monoisotopic (exact) mass is 523 g/mol. The van der Waals surface area contributed by atoms with E-state index >= 15 is 0 Å². The maximum atomic E-state index is 9.29. The molecule has 0 bridgehead atoms. The van der Waals surface area contributed by atoms with Gasteiger partial charge in [0.05, 0.1) is 6.61 Å². The van der Waals surface area contributed by atoms with Crippen LogP contribution in [0.3, 0.4) is 0 Å². The molecule has 0 aliphatic carbocycles. The summed E-state index contributed by atoms with van der Waals surface area (Å²) in [5.41, 5.74) is 5.95. The highest BCUT2D eigenvalue weighted by Gasteiger charge is 2.22. The van der Waals surface area contributed by atoms with E-state index in [0.29, 0.717) is 18.4 Å². The Hall–Kier alpha value is -4.15. The second kappa shape index (κ2) is 11.7. The van der Waals surface area contributed by atoms with Gasteiger partial charge in [0.1, 0.15) is 6.33 Å². The van der Waals surface area contributed by atoms with E-state index in [1.165, 1.54) is 16.7 Å². The first-order valence-corrected chi connectivity index (χ1v) is 13.5. The molecule has 1 fully saturated rings. The highest BCUT2D eigenvalue weighted by atomic mass is 16.3. The molecule has 2 aromatic carbocycles. The van der Waals surface area contributed by atoms with Crippen molar-refractivity contribution in [3.8, 4) is 0 Å². The fourth-order valence-electron chi connectivity index (χ4n) is 5.20. The number of hydrogen-bond acceptors (Lipinski definition) is 10. The molecule has 0 spiro atoms. The van der Waals surface area contributed by atoms with Gasteiger partial charge in [0, 0.05) is 70.3 Å². The Bertz CT molecular complexity index is 1380. The Morgan fingerprint density at radius 1 is 0.769 bits per heavy atom. The Labute approximate surface area is 228 Å². The average Bonchev–Trinajstić information content (AvgIpc) is 2.98. The van der Waals surface area contributed by atoms with Crippen LogP contribution in [0, 0.1) is 0 Å². The summed E-state index contributed by atoms with van der Waals surface area (Å²) in [5, 5.41) is 12.6. The van der Waals surface area contributed by atoms with Crippen molar-refractivity contribution in [2.24, 2.45) is 0 Å². The van der Waals surface area contributed by atoms with Crippen molar-refractivity contribution in [3.63, 3.8) is 0 Å². The highest BCUT2D eigenvalue weighted by Crippen LogP contribution is 2.24. The number of aliphatic hydroxyl groups excluding tert-OH is 1. The first kappa shape index (κ1) is 25.1. The number of piperazine rings is 1. The summed E-state index contributed by atoms with van der Waals surface area (Å²) >= 11 is 0. The molecule has 2 aliphatic rings. The van der Waals surface area contributed by atoms with E-state index in [9.17, 15) is 5.11 Å². The van der Waals surface area contributed by atoms with Crippen LogP contribution >= 0.6 is 0 Å². The normalized spacial score (nSPS) is 15.7. The third-order valence-corrected chi connectivity index (χ3v) is 7.32. The predicted octanol–water partition coefficient (Wildman–Crippen LogP) is 2.67. The minimum absolute atomic E-state index is 0.184. The maximum Gasteiger partial charge on any atom is 0.231 e. The number of fused-ring (bicyclic) bond motifs is 1. The van der Waals surface area contributed by atoms with E-state index in [4.69, 9.17) is 4.98 Å². The van der Waals surface area contributed by atoms with Crippen LogP contribution in [0.4, 0.5) is 23.5 Å². The Morgan fingerprint density at radius 2 is 1.54 bits per heavy atom. The van der Waals surface area contributed by atoms with E-state index in [0.717, 1.165) is 69.3 Å². The Morgan fingerprint density at radius 3 is 2.31 bits per heavy atom. The van der Waals surface area contributed by atoms with Gasteiger partial charge in [-0.05, 0) is 40.8 Å². The molecular formula is C29H33N9O. The summed E-state index contributed by atoms with van der Waals surface area (Å²) in [7, 11) is 0. The van der Waals surface area contributed by atoms with E-state index in [2.05, 4.69) is 82.4 Å². The fourth-order valence-corrected chi connectivity index (χ4v) is 5.20. The summed E-state index contributed by atoms with van der Waals surface area (Å²) < 4.78 is 0. The van der Waals surface area contributed by atoms with Crippen LogP contribution in [-0.2, 0) is 19.4 Å². The van der Waals surface area contributed by atoms with Crippen LogP contribution in [0.25, 0.3) is 0 Å². The topological polar surface area (TPSA) is 106 Å². The number of nitrogens with one attached hydrogen (secondary N) is 1. The molecule has 0 amide bonds. The molecule has 0 atom stereocenters. The van der Waals surface area contributed by atoms with Crippen LogP contribution < -0.4 is 15.1 Å². The molecule has 4 aromatic rings. The molecule has 0 radical (unpaired) electrons. The molecule has 10 nitrogen and oxygen atoms in total. The van der Waals surface area contributed by atoms with Crippen molar-refractivity contribution in [2.45, 2.75) is 19.4 Å². The molecule has 10 heteroatoms. The van der Waals surface area contributed by atoms with E-state index in [-0.39, 0.29) is 6.61 Å². The molecule has 39 heavy (non-hydrogen) atoms. The lowest BCUT2D eigenvalue weighted by Gasteiger charge is -2.34. The van der Waals surface area contributed by atoms with Gasteiger partial charge in [-0.3, -0.25) is 4.90 Å². The van der Waals surface area contributed by atoms with Gasteiger partial charge in [-0.2, -0.15) is 4.98 Å². The highest BCUT2D eigenvalue weighted by molar-refractivity contribution is 5.57. The van der Waals surface area contributed by atoms with Crippen molar-refractivity contribution < 1.29 is 5.11 Å². The minimum Gasteiger partial charge on any atom is -0.395 e. The molecule has 200 valence electrons. The Balaban J connectivity index is 1.05. The van der Waals surface area contributed by atoms with Crippen LogP contribution in [0.2, 0.25) is 0 Å². The zero-order valence-electron chi connectivity index (χ0n) is 21.9. The number of anilines is 4. The third kappa shape index (κ3) is 6.13. The van der Waals surface area contributed by atoms with Crippen LogP contribution in [0.5, 0.6) is 0 Å². The summed E-state index contributed by atoms with van der Waals surface area (Å²) in [5.74, 6) is 1.95. The first-order chi connectivity index (χ1) is 19.2. The van der Waals surface area contributed by atoms with Crippen molar-refractivity contribution in [1.29, 1.82) is 0 Å². The summed E-state index contributed by atoms with van der Waals surface area (Å²) in [6.07, 6.45) is 7.25. The SMILES string of the molecule is OCCN1CCc2ccc(Nc3ncnc(N4CCN(c5ncc(Cc6ccccc6)cn5)CC4)n3)cc2C1. The molecule has 2 aliphatic heterocycles. The van der Waals surface area contributed by atoms with Gasteiger partial charge in [-0.15, -0.1) is 0 Å². The largest absolute Gasteiger partial charge is 0.395 e. The van der Waals surface area contributed by atoms with Gasteiger partial charge < -0.3 is 20.2 Å². The molecule has 4 heterocycles. The zero-order valence-corrected chi connectivity index (χ0v) is 21.9. The molecule has 2 aromatic heterocycles. The third-order valence-electron chi connectivity index (χ3n) is 7.32. The fraction of sp³-hybridized carbons (Fsp3) is 0.345. The zero-order chi connectivity index (χ0) is 26.4. The van der Waals surface area contributed by atoms with Crippen LogP contribution in [0.1, 0.15) is 22.3 Å². The minimum atomic E-state index is 0.184. The van der Waals surface area contributed by atoms with Crippen molar-refractivity contribution in [2.75, 3.05) is 61.0 Å². The van der Waals surface area contributed by atoms with Gasteiger partial charge in [-0.25, -0.2) is 19.9 Å². The van der Waals surface area contributed by atoms with Crippen molar-refractivity contribution in [1.82, 2.24) is 29.8 Å². The molecule has 0 saturated carbocycles. The lowest BCUT2D eigenvalue weighted by molar-refractivity contribution is 0.184. The molecule has 6 rings (SSSR count). The molecule has 1 saturated heterocycles. The number of aliphatic hydroxyl groups is 1. The van der Waals surface area contributed by atoms with Crippen molar-refractivity contribution in [3.05, 3.63) is 89.5 Å². The van der Waals surface area contributed by atoms with Gasteiger partial charge >= 0.3 is 0 Å². The second-order valence-corrected chi connectivity index (χ2v) is 10.00. The predicted molar refractivity (Wildman–Crippen MR) is 151 cm³/mol. The number of aromatic nitrogens is 5. The van der Waals surface area contributed by atoms with E-state index in [1.807, 2.05) is 18.5 Å². The smallest absolute Gasteiger partial charge is 0.231 e. The lowest BCUT2D eigenvalue weighted by Crippen LogP contribution is -2.47. The molecule has 0 unspecified atom stereocenters. The standard InChI is InChI=1S/C29H33N9O/c39-15-14-36-9-8-24-6-7-26(17-25(24)20-36)34-27-32-21-33-29(35-27)38-12-10-37(11-13-38)28-30-18-23(19-31-28)16-22-4-2-1-3-5-22/h1-7,17-19,21,39H,8-16,20H2,(H,32,33,34,35). The second-order valence-electron chi connectivity index (χ2n) is 10.00. The molecular weight excluding hydrogens is 490 g/mol. The van der Waals surface area contributed by atoms with Crippen LogP contribution in [-0.4, -0.2) is 80.8 Å². The van der Waals surface area contributed by atoms with Gasteiger partial charge in [0.2, 0.25) is 17.8 Å². The summed E-state index contributed by atoms with van der Waals surface area (Å²) in [6.45, 7) is 5.85. The van der Waals surface area contributed by atoms with Crippen LogP contribution in [0.15, 0.2) is 67.3 Å².